The molecule has 0 aliphatic heterocycles. The first-order chi connectivity index (χ1) is 7.54. The molecule has 1 rings (SSSR count). The summed E-state index contributed by atoms with van der Waals surface area (Å²) in [5.74, 6) is 0.0810. The maximum Gasteiger partial charge on any atom is 0.227 e. The van der Waals surface area contributed by atoms with Crippen LogP contribution in [0.25, 0.3) is 0 Å². The average Bonchev–Trinajstić information content (AvgIpc) is 2.22. The minimum absolute atomic E-state index is 0.0348. The molecule has 1 N–H and O–H groups in total. The predicted molar refractivity (Wildman–Crippen MR) is 71.9 cm³/mol. The second kappa shape index (κ2) is 6.26. The van der Waals surface area contributed by atoms with Gasteiger partial charge < -0.3 is 5.32 Å². The fraction of sp³-hybridized carbons (Fsp3) is 0.417. The van der Waals surface area contributed by atoms with Gasteiger partial charge in [-0.1, -0.05) is 31.9 Å². The van der Waals surface area contributed by atoms with Crippen molar-refractivity contribution in [3.63, 3.8) is 0 Å². The molecule has 88 valence electrons. The number of rotatable bonds is 4. The van der Waals surface area contributed by atoms with Gasteiger partial charge in [0, 0.05) is 15.4 Å². The van der Waals surface area contributed by atoms with Crippen molar-refractivity contribution in [3.05, 3.63) is 27.7 Å². The number of hydrogen-bond donors (Lipinski definition) is 1. The lowest BCUT2D eigenvalue weighted by molar-refractivity contribution is -0.119. The van der Waals surface area contributed by atoms with E-state index in [1.54, 1.807) is 18.2 Å². The highest BCUT2D eigenvalue weighted by Gasteiger charge is 2.13. The van der Waals surface area contributed by atoms with Crippen LogP contribution >= 0.6 is 27.5 Å². The highest BCUT2D eigenvalue weighted by atomic mass is 79.9. The van der Waals surface area contributed by atoms with Gasteiger partial charge in [0.05, 0.1) is 5.69 Å². The fourth-order valence-electron chi connectivity index (χ4n) is 1.41. The summed E-state index contributed by atoms with van der Waals surface area (Å²) < 4.78 is 0.803. The van der Waals surface area contributed by atoms with Crippen LogP contribution in [0.2, 0.25) is 5.02 Å². The number of anilines is 1. The van der Waals surface area contributed by atoms with Gasteiger partial charge in [0.25, 0.3) is 0 Å². The molecule has 0 aliphatic rings. The zero-order valence-corrected chi connectivity index (χ0v) is 11.7. The molecule has 0 saturated carbocycles. The summed E-state index contributed by atoms with van der Waals surface area (Å²) in [6.45, 7) is 4.00. The Morgan fingerprint density at radius 2 is 2.25 bits per heavy atom. The van der Waals surface area contributed by atoms with E-state index < -0.39 is 0 Å². The minimum Gasteiger partial charge on any atom is -0.325 e. The van der Waals surface area contributed by atoms with Gasteiger partial charge in [-0.3, -0.25) is 4.79 Å². The minimum atomic E-state index is 0.0348. The van der Waals surface area contributed by atoms with Crippen molar-refractivity contribution in [1.29, 1.82) is 0 Å². The van der Waals surface area contributed by atoms with Crippen molar-refractivity contribution in [2.45, 2.75) is 26.7 Å². The summed E-state index contributed by atoms with van der Waals surface area (Å²) in [5, 5.41) is 3.52. The quantitative estimate of drug-likeness (QED) is 0.873. The van der Waals surface area contributed by atoms with Crippen molar-refractivity contribution in [1.82, 2.24) is 0 Å². The normalized spacial score (nSPS) is 12.2. The molecule has 1 unspecified atom stereocenters. The van der Waals surface area contributed by atoms with Crippen LogP contribution in [0.15, 0.2) is 22.7 Å². The Hall–Kier alpha value is -0.540. The highest BCUT2D eigenvalue weighted by molar-refractivity contribution is 9.10. The maximum absolute atomic E-state index is 11.8. The maximum atomic E-state index is 11.8. The summed E-state index contributed by atoms with van der Waals surface area (Å²) in [6, 6.07) is 5.32. The largest absolute Gasteiger partial charge is 0.325 e. The molecule has 0 saturated heterocycles. The van der Waals surface area contributed by atoms with Crippen LogP contribution in [0.3, 0.4) is 0 Å². The molecule has 0 aliphatic carbocycles. The van der Waals surface area contributed by atoms with Gasteiger partial charge in [0.2, 0.25) is 5.91 Å². The molecular formula is C12H15BrClNO. The smallest absolute Gasteiger partial charge is 0.227 e. The molecule has 0 aromatic heterocycles. The van der Waals surface area contributed by atoms with Gasteiger partial charge >= 0.3 is 0 Å². The average molecular weight is 305 g/mol. The molecule has 0 heterocycles. The SMILES string of the molecule is CCCC(C)C(=O)Nc1ccc(Cl)cc1Br. The third kappa shape index (κ3) is 3.80. The van der Waals surface area contributed by atoms with Gasteiger partial charge in [-0.05, 0) is 40.5 Å². The highest BCUT2D eigenvalue weighted by Crippen LogP contribution is 2.26. The van der Waals surface area contributed by atoms with Crippen LogP contribution in [0.5, 0.6) is 0 Å². The van der Waals surface area contributed by atoms with Crippen molar-refractivity contribution in [2.24, 2.45) is 5.92 Å². The second-order valence-corrected chi connectivity index (χ2v) is 5.09. The lowest BCUT2D eigenvalue weighted by Gasteiger charge is -2.12. The van der Waals surface area contributed by atoms with Crippen LogP contribution in [-0.2, 0) is 4.79 Å². The van der Waals surface area contributed by atoms with E-state index in [1.165, 1.54) is 0 Å². The van der Waals surface area contributed by atoms with Gasteiger partial charge in [0.1, 0.15) is 0 Å². The van der Waals surface area contributed by atoms with Crippen LogP contribution in [0, 0.1) is 5.92 Å². The van der Waals surface area contributed by atoms with E-state index in [0.717, 1.165) is 23.0 Å². The van der Waals surface area contributed by atoms with E-state index in [4.69, 9.17) is 11.6 Å². The van der Waals surface area contributed by atoms with E-state index in [0.29, 0.717) is 5.02 Å². The van der Waals surface area contributed by atoms with Crippen molar-refractivity contribution in [2.75, 3.05) is 5.32 Å². The molecule has 0 spiro atoms. The van der Waals surface area contributed by atoms with Gasteiger partial charge in [0.15, 0.2) is 0 Å². The van der Waals surface area contributed by atoms with E-state index in [2.05, 4.69) is 28.2 Å². The molecular weight excluding hydrogens is 289 g/mol. The Labute approximate surface area is 110 Å². The Bertz CT molecular complexity index is 381. The summed E-state index contributed by atoms with van der Waals surface area (Å²) >= 11 is 9.19. The standard InChI is InChI=1S/C12H15BrClNO/c1-3-4-8(2)12(16)15-11-6-5-9(14)7-10(11)13/h5-8H,3-4H2,1-2H3,(H,15,16). The molecule has 2 nitrogen and oxygen atoms in total. The van der Waals surface area contributed by atoms with Gasteiger partial charge in [-0.2, -0.15) is 0 Å². The van der Waals surface area contributed by atoms with Crippen LogP contribution in [-0.4, -0.2) is 5.91 Å². The Kier molecular flexibility index (Phi) is 5.29. The molecule has 0 bridgehead atoms. The third-order valence-corrected chi connectivity index (χ3v) is 3.25. The molecule has 1 atom stereocenters. The van der Waals surface area contributed by atoms with Crippen LogP contribution in [0.1, 0.15) is 26.7 Å². The first kappa shape index (κ1) is 13.5. The molecule has 4 heteroatoms. The summed E-state index contributed by atoms with van der Waals surface area (Å²) in [6.07, 6.45) is 1.91. The predicted octanol–water partition coefficient (Wildman–Crippen LogP) is 4.48. The van der Waals surface area contributed by atoms with Crippen molar-refractivity contribution in [3.8, 4) is 0 Å². The molecule has 1 aromatic carbocycles. The Balaban J connectivity index is 2.69. The number of carbonyl (C=O) groups excluding carboxylic acids is 1. The first-order valence-corrected chi connectivity index (χ1v) is 6.47. The van der Waals surface area contributed by atoms with Crippen LogP contribution < -0.4 is 5.32 Å². The molecule has 0 fully saturated rings. The molecule has 1 aromatic rings. The fourth-order valence-corrected chi connectivity index (χ4v) is 2.19. The number of benzene rings is 1. The van der Waals surface area contributed by atoms with Gasteiger partial charge in [-0.25, -0.2) is 0 Å². The van der Waals surface area contributed by atoms with Crippen molar-refractivity contribution < 1.29 is 4.79 Å². The van der Waals surface area contributed by atoms with Crippen molar-refractivity contribution >= 4 is 39.1 Å². The first-order valence-electron chi connectivity index (χ1n) is 5.30. The van der Waals surface area contributed by atoms with E-state index in [9.17, 15) is 4.79 Å². The summed E-state index contributed by atoms with van der Waals surface area (Å²) in [4.78, 5) is 11.8. The Morgan fingerprint density at radius 3 is 2.81 bits per heavy atom. The summed E-state index contributed by atoms with van der Waals surface area (Å²) in [5.41, 5.74) is 0.761. The third-order valence-electron chi connectivity index (χ3n) is 2.36. The topological polar surface area (TPSA) is 29.1 Å². The van der Waals surface area contributed by atoms with E-state index in [-0.39, 0.29) is 11.8 Å². The summed E-state index contributed by atoms with van der Waals surface area (Å²) in [7, 11) is 0. The lowest BCUT2D eigenvalue weighted by Crippen LogP contribution is -2.20. The number of halogens is 2. The second-order valence-electron chi connectivity index (χ2n) is 3.80. The van der Waals surface area contributed by atoms with E-state index >= 15 is 0 Å². The zero-order valence-electron chi connectivity index (χ0n) is 9.39. The monoisotopic (exact) mass is 303 g/mol. The molecule has 1 amide bonds. The Morgan fingerprint density at radius 1 is 1.56 bits per heavy atom. The zero-order chi connectivity index (χ0) is 12.1. The molecule has 0 radical (unpaired) electrons. The number of nitrogens with one attached hydrogen (secondary N) is 1. The lowest BCUT2D eigenvalue weighted by atomic mass is 10.1. The number of hydrogen-bond acceptors (Lipinski definition) is 1. The van der Waals surface area contributed by atoms with Crippen LogP contribution in [0.4, 0.5) is 5.69 Å². The van der Waals surface area contributed by atoms with Gasteiger partial charge in [-0.15, -0.1) is 0 Å². The number of carbonyl (C=O) groups is 1. The molecule has 16 heavy (non-hydrogen) atoms. The number of amides is 1. The van der Waals surface area contributed by atoms with E-state index in [1.807, 2.05) is 6.92 Å².